The number of methoxy groups -OCH3 is 1. The lowest BCUT2D eigenvalue weighted by Gasteiger charge is -2.09. The molecule has 1 aromatic carbocycles. The van der Waals surface area contributed by atoms with Crippen LogP contribution in [0.1, 0.15) is 5.82 Å². The summed E-state index contributed by atoms with van der Waals surface area (Å²) < 4.78 is 12.8. The summed E-state index contributed by atoms with van der Waals surface area (Å²) in [6, 6.07) is 7.57. The number of imidazole rings is 1. The molecule has 1 heterocycles. The summed E-state index contributed by atoms with van der Waals surface area (Å²) >= 11 is 0. The maximum Gasteiger partial charge on any atom is 0.161 e. The van der Waals surface area contributed by atoms with Crippen molar-refractivity contribution in [2.45, 2.75) is 6.61 Å². The number of ether oxygens (including phenoxy) is 2. The van der Waals surface area contributed by atoms with E-state index >= 15 is 0 Å². The maximum atomic E-state index is 5.64. The topological polar surface area (TPSA) is 36.3 Å². The van der Waals surface area contributed by atoms with Gasteiger partial charge in [0, 0.05) is 19.4 Å². The van der Waals surface area contributed by atoms with Gasteiger partial charge in [-0.05, 0) is 12.1 Å². The molecule has 16 heavy (non-hydrogen) atoms. The van der Waals surface area contributed by atoms with Crippen molar-refractivity contribution in [3.05, 3.63) is 42.5 Å². The van der Waals surface area contributed by atoms with Gasteiger partial charge in [0.1, 0.15) is 12.4 Å². The molecule has 4 nitrogen and oxygen atoms in total. The summed E-state index contributed by atoms with van der Waals surface area (Å²) in [7, 11) is 3.57. The first-order valence-corrected chi connectivity index (χ1v) is 5.03. The molecule has 0 aliphatic rings. The van der Waals surface area contributed by atoms with Crippen LogP contribution in [0.2, 0.25) is 0 Å². The molecule has 2 rings (SSSR count). The van der Waals surface area contributed by atoms with E-state index in [9.17, 15) is 0 Å². The molecule has 1 aromatic heterocycles. The Morgan fingerprint density at radius 3 is 2.62 bits per heavy atom. The highest BCUT2D eigenvalue weighted by atomic mass is 16.5. The third-order valence-electron chi connectivity index (χ3n) is 2.35. The first-order chi connectivity index (χ1) is 7.81. The minimum absolute atomic E-state index is 0.434. The fourth-order valence-electron chi connectivity index (χ4n) is 1.42. The second-order valence-electron chi connectivity index (χ2n) is 3.39. The normalized spacial score (nSPS) is 10.1. The number of hydrogen-bond donors (Lipinski definition) is 0. The molecular formula is C12H14N2O2. The highest BCUT2D eigenvalue weighted by Gasteiger charge is 2.04. The first kappa shape index (κ1) is 10.5. The quantitative estimate of drug-likeness (QED) is 0.787. The van der Waals surface area contributed by atoms with E-state index in [2.05, 4.69) is 4.98 Å². The lowest BCUT2D eigenvalue weighted by molar-refractivity contribution is 0.273. The van der Waals surface area contributed by atoms with E-state index in [0.29, 0.717) is 6.61 Å². The second kappa shape index (κ2) is 4.70. The van der Waals surface area contributed by atoms with E-state index in [1.54, 1.807) is 13.3 Å². The van der Waals surface area contributed by atoms with Crippen LogP contribution in [-0.4, -0.2) is 16.7 Å². The standard InChI is InChI=1S/C12H14N2O2/c1-14-8-7-13-12(14)9-16-11-6-4-3-5-10(11)15-2/h3-8H,9H2,1-2H3. The summed E-state index contributed by atoms with van der Waals surface area (Å²) in [5.74, 6) is 2.34. The molecule has 0 aliphatic carbocycles. The SMILES string of the molecule is COc1ccccc1OCc1nccn1C. The van der Waals surface area contributed by atoms with Crippen LogP contribution in [0.4, 0.5) is 0 Å². The Morgan fingerprint density at radius 2 is 2.00 bits per heavy atom. The monoisotopic (exact) mass is 218 g/mol. The van der Waals surface area contributed by atoms with Crippen molar-refractivity contribution in [3.63, 3.8) is 0 Å². The fraction of sp³-hybridized carbons (Fsp3) is 0.250. The summed E-state index contributed by atoms with van der Waals surface area (Å²) in [6.45, 7) is 0.434. The number of rotatable bonds is 4. The molecule has 0 amide bonds. The van der Waals surface area contributed by atoms with Crippen molar-refractivity contribution in [1.29, 1.82) is 0 Å². The molecule has 0 atom stereocenters. The number of para-hydroxylation sites is 2. The van der Waals surface area contributed by atoms with Gasteiger partial charge in [-0.3, -0.25) is 0 Å². The molecular weight excluding hydrogens is 204 g/mol. The van der Waals surface area contributed by atoms with E-state index in [1.165, 1.54) is 0 Å². The molecule has 0 N–H and O–H groups in total. The molecule has 0 aliphatic heterocycles. The van der Waals surface area contributed by atoms with E-state index in [1.807, 2.05) is 42.1 Å². The van der Waals surface area contributed by atoms with Crippen LogP contribution in [0.5, 0.6) is 11.5 Å². The molecule has 0 fully saturated rings. The first-order valence-electron chi connectivity index (χ1n) is 5.03. The van der Waals surface area contributed by atoms with Crippen LogP contribution in [0, 0.1) is 0 Å². The Labute approximate surface area is 94.4 Å². The van der Waals surface area contributed by atoms with Crippen LogP contribution in [0.15, 0.2) is 36.7 Å². The van der Waals surface area contributed by atoms with Gasteiger partial charge in [0.05, 0.1) is 7.11 Å². The third kappa shape index (κ3) is 2.16. The van der Waals surface area contributed by atoms with Gasteiger partial charge < -0.3 is 14.0 Å². The summed E-state index contributed by atoms with van der Waals surface area (Å²) in [5.41, 5.74) is 0. The van der Waals surface area contributed by atoms with Crippen molar-refractivity contribution >= 4 is 0 Å². The molecule has 0 radical (unpaired) electrons. The van der Waals surface area contributed by atoms with Gasteiger partial charge in [-0.2, -0.15) is 0 Å². The van der Waals surface area contributed by atoms with E-state index in [4.69, 9.17) is 9.47 Å². The van der Waals surface area contributed by atoms with Gasteiger partial charge in [-0.25, -0.2) is 4.98 Å². The fourth-order valence-corrected chi connectivity index (χ4v) is 1.42. The largest absolute Gasteiger partial charge is 0.493 e. The zero-order valence-corrected chi connectivity index (χ0v) is 9.38. The minimum Gasteiger partial charge on any atom is -0.493 e. The average Bonchev–Trinajstić information content (AvgIpc) is 2.72. The Bertz CT molecular complexity index is 466. The Morgan fingerprint density at radius 1 is 1.25 bits per heavy atom. The zero-order chi connectivity index (χ0) is 11.4. The molecule has 4 heteroatoms. The lowest BCUT2D eigenvalue weighted by Crippen LogP contribution is -2.03. The second-order valence-corrected chi connectivity index (χ2v) is 3.39. The van der Waals surface area contributed by atoms with Gasteiger partial charge >= 0.3 is 0 Å². The minimum atomic E-state index is 0.434. The van der Waals surface area contributed by atoms with Crippen LogP contribution < -0.4 is 9.47 Å². The molecule has 0 saturated heterocycles. The number of nitrogens with zero attached hydrogens (tertiary/aromatic N) is 2. The van der Waals surface area contributed by atoms with Crippen molar-refractivity contribution in [2.24, 2.45) is 7.05 Å². The van der Waals surface area contributed by atoms with Crippen molar-refractivity contribution in [1.82, 2.24) is 9.55 Å². The Balaban J connectivity index is 2.07. The summed E-state index contributed by atoms with van der Waals surface area (Å²) in [4.78, 5) is 4.18. The van der Waals surface area contributed by atoms with E-state index < -0.39 is 0 Å². The zero-order valence-electron chi connectivity index (χ0n) is 9.38. The molecule has 84 valence electrons. The Kier molecular flexibility index (Phi) is 3.10. The molecule has 0 saturated carbocycles. The molecule has 0 unspecified atom stereocenters. The average molecular weight is 218 g/mol. The Hall–Kier alpha value is -1.97. The van der Waals surface area contributed by atoms with Gasteiger partial charge in [-0.15, -0.1) is 0 Å². The van der Waals surface area contributed by atoms with Crippen LogP contribution in [-0.2, 0) is 13.7 Å². The third-order valence-corrected chi connectivity index (χ3v) is 2.35. The maximum absolute atomic E-state index is 5.64. The molecule has 0 spiro atoms. The number of aromatic nitrogens is 2. The predicted octanol–water partition coefficient (Wildman–Crippen LogP) is 2.01. The van der Waals surface area contributed by atoms with Crippen LogP contribution >= 0.6 is 0 Å². The van der Waals surface area contributed by atoms with Gasteiger partial charge in [0.2, 0.25) is 0 Å². The van der Waals surface area contributed by atoms with E-state index in [-0.39, 0.29) is 0 Å². The number of benzene rings is 1. The summed E-state index contributed by atoms with van der Waals surface area (Å²) in [5, 5.41) is 0. The van der Waals surface area contributed by atoms with Crippen molar-refractivity contribution < 1.29 is 9.47 Å². The predicted molar refractivity (Wildman–Crippen MR) is 60.5 cm³/mol. The molecule has 2 aromatic rings. The van der Waals surface area contributed by atoms with Gasteiger partial charge in [-0.1, -0.05) is 12.1 Å². The highest BCUT2D eigenvalue weighted by molar-refractivity contribution is 5.39. The van der Waals surface area contributed by atoms with Crippen LogP contribution in [0.3, 0.4) is 0 Å². The number of hydrogen-bond acceptors (Lipinski definition) is 3. The molecule has 0 bridgehead atoms. The van der Waals surface area contributed by atoms with E-state index in [0.717, 1.165) is 17.3 Å². The van der Waals surface area contributed by atoms with Crippen LogP contribution in [0.25, 0.3) is 0 Å². The number of aryl methyl sites for hydroxylation is 1. The lowest BCUT2D eigenvalue weighted by atomic mass is 10.3. The highest BCUT2D eigenvalue weighted by Crippen LogP contribution is 2.26. The van der Waals surface area contributed by atoms with Gasteiger partial charge in [0.25, 0.3) is 0 Å². The van der Waals surface area contributed by atoms with Crippen molar-refractivity contribution in [2.75, 3.05) is 7.11 Å². The summed E-state index contributed by atoms with van der Waals surface area (Å²) in [6.07, 6.45) is 3.64. The smallest absolute Gasteiger partial charge is 0.161 e. The van der Waals surface area contributed by atoms with Gasteiger partial charge in [0.15, 0.2) is 11.5 Å². The van der Waals surface area contributed by atoms with Crippen molar-refractivity contribution in [3.8, 4) is 11.5 Å².